The van der Waals surface area contributed by atoms with Crippen LogP contribution in [0.1, 0.15) is 11.5 Å². The summed E-state index contributed by atoms with van der Waals surface area (Å²) < 4.78 is 45.3. The molecule has 0 amide bonds. The molecule has 136 valence electrons. The first kappa shape index (κ1) is 18.8. The minimum Gasteiger partial charge on any atom is -0.338 e. The van der Waals surface area contributed by atoms with Crippen LogP contribution in [0.2, 0.25) is 10.0 Å². The standard InChI is InChI=1S/C16H12Cl2FN3O3S/c17-11-6-4-10(5-7-11)16-21-15(25-22-16)8-20-26(23,24)9-12-13(18)2-1-3-14(12)19/h1-7,20H,8-9H2. The summed E-state index contributed by atoms with van der Waals surface area (Å²) in [5.74, 6) is -0.923. The highest BCUT2D eigenvalue weighted by Gasteiger charge is 2.18. The minimum absolute atomic E-state index is 0.0400. The lowest BCUT2D eigenvalue weighted by Gasteiger charge is -2.07. The second-order valence-electron chi connectivity index (χ2n) is 5.30. The summed E-state index contributed by atoms with van der Waals surface area (Å²) >= 11 is 11.7. The molecule has 0 saturated carbocycles. The van der Waals surface area contributed by atoms with Crippen LogP contribution >= 0.6 is 23.2 Å². The fourth-order valence-corrected chi connectivity index (χ4v) is 3.68. The Kier molecular flexibility index (Phi) is 5.57. The average Bonchev–Trinajstić information content (AvgIpc) is 3.06. The van der Waals surface area contributed by atoms with Crippen LogP contribution in [0.3, 0.4) is 0 Å². The Balaban J connectivity index is 1.68. The molecular formula is C16H12Cl2FN3O3S. The van der Waals surface area contributed by atoms with Crippen molar-refractivity contribution in [2.24, 2.45) is 0 Å². The van der Waals surface area contributed by atoms with Crippen molar-refractivity contribution in [3.05, 3.63) is 69.8 Å². The Hall–Kier alpha value is -2.00. The molecular weight excluding hydrogens is 404 g/mol. The van der Waals surface area contributed by atoms with Gasteiger partial charge in [-0.05, 0) is 36.4 Å². The van der Waals surface area contributed by atoms with Gasteiger partial charge in [0, 0.05) is 21.2 Å². The molecule has 3 aromatic rings. The molecule has 0 aliphatic heterocycles. The van der Waals surface area contributed by atoms with E-state index in [0.717, 1.165) is 6.07 Å². The summed E-state index contributed by atoms with van der Waals surface area (Å²) in [7, 11) is -3.86. The van der Waals surface area contributed by atoms with Gasteiger partial charge in [0.05, 0.1) is 12.3 Å². The smallest absolute Gasteiger partial charge is 0.242 e. The molecule has 0 atom stereocenters. The van der Waals surface area contributed by atoms with E-state index in [9.17, 15) is 12.8 Å². The molecule has 0 fully saturated rings. The lowest BCUT2D eigenvalue weighted by atomic mass is 10.2. The molecule has 1 aromatic heterocycles. The average molecular weight is 416 g/mol. The molecule has 0 radical (unpaired) electrons. The second-order valence-corrected chi connectivity index (χ2v) is 7.95. The van der Waals surface area contributed by atoms with E-state index in [1.165, 1.54) is 12.1 Å². The summed E-state index contributed by atoms with van der Waals surface area (Å²) in [4.78, 5) is 4.11. The number of sulfonamides is 1. The molecule has 0 spiro atoms. The third-order valence-electron chi connectivity index (χ3n) is 3.41. The van der Waals surface area contributed by atoms with Crippen LogP contribution in [0.4, 0.5) is 4.39 Å². The van der Waals surface area contributed by atoms with E-state index in [-0.39, 0.29) is 23.0 Å². The molecule has 26 heavy (non-hydrogen) atoms. The normalized spacial score (nSPS) is 11.7. The highest BCUT2D eigenvalue weighted by molar-refractivity contribution is 7.88. The minimum atomic E-state index is -3.86. The number of nitrogens with one attached hydrogen (secondary N) is 1. The highest BCUT2D eigenvalue weighted by atomic mass is 35.5. The fourth-order valence-electron chi connectivity index (χ4n) is 2.13. The largest absolute Gasteiger partial charge is 0.338 e. The van der Waals surface area contributed by atoms with Gasteiger partial charge in [-0.1, -0.05) is 34.4 Å². The maximum Gasteiger partial charge on any atom is 0.242 e. The molecule has 0 saturated heterocycles. The van der Waals surface area contributed by atoms with Crippen molar-refractivity contribution in [1.29, 1.82) is 0 Å². The Labute approximate surface area is 159 Å². The molecule has 0 unspecified atom stereocenters. The zero-order valence-corrected chi connectivity index (χ0v) is 15.4. The molecule has 0 aliphatic carbocycles. The summed E-state index contributed by atoms with van der Waals surface area (Å²) in [6, 6.07) is 10.7. The number of rotatable bonds is 6. The van der Waals surface area contributed by atoms with Crippen molar-refractivity contribution < 1.29 is 17.3 Å². The topological polar surface area (TPSA) is 85.1 Å². The first-order valence-electron chi connectivity index (χ1n) is 7.33. The van der Waals surface area contributed by atoms with E-state index < -0.39 is 21.6 Å². The quantitative estimate of drug-likeness (QED) is 0.661. The van der Waals surface area contributed by atoms with Crippen LogP contribution in [0.5, 0.6) is 0 Å². The number of halogens is 3. The van der Waals surface area contributed by atoms with E-state index in [2.05, 4.69) is 14.9 Å². The first-order chi connectivity index (χ1) is 12.3. The number of aromatic nitrogens is 2. The van der Waals surface area contributed by atoms with Gasteiger partial charge in [0.15, 0.2) is 0 Å². The third kappa shape index (κ3) is 4.59. The van der Waals surface area contributed by atoms with Crippen molar-refractivity contribution in [3.63, 3.8) is 0 Å². The monoisotopic (exact) mass is 415 g/mol. The van der Waals surface area contributed by atoms with Gasteiger partial charge in [-0.15, -0.1) is 0 Å². The van der Waals surface area contributed by atoms with Crippen LogP contribution < -0.4 is 4.72 Å². The van der Waals surface area contributed by atoms with E-state index in [1.807, 2.05) is 0 Å². The summed E-state index contributed by atoms with van der Waals surface area (Å²) in [6.07, 6.45) is 0. The van der Waals surface area contributed by atoms with Gasteiger partial charge in [0.25, 0.3) is 0 Å². The van der Waals surface area contributed by atoms with Gasteiger partial charge in [-0.3, -0.25) is 0 Å². The number of hydrogen-bond acceptors (Lipinski definition) is 5. The lowest BCUT2D eigenvalue weighted by Crippen LogP contribution is -2.25. The summed E-state index contributed by atoms with van der Waals surface area (Å²) in [6.45, 7) is -0.227. The molecule has 0 aliphatic rings. The zero-order chi connectivity index (χ0) is 18.7. The van der Waals surface area contributed by atoms with Gasteiger partial charge in [0.2, 0.25) is 21.7 Å². The summed E-state index contributed by atoms with van der Waals surface area (Å²) in [5, 5.41) is 4.39. The molecule has 10 heteroatoms. The van der Waals surface area contributed by atoms with Crippen LogP contribution in [-0.4, -0.2) is 18.6 Å². The van der Waals surface area contributed by atoms with E-state index in [4.69, 9.17) is 27.7 Å². The van der Waals surface area contributed by atoms with E-state index in [1.54, 1.807) is 24.3 Å². The van der Waals surface area contributed by atoms with Gasteiger partial charge >= 0.3 is 0 Å². The maximum absolute atomic E-state index is 13.7. The number of hydrogen-bond donors (Lipinski definition) is 1. The zero-order valence-electron chi connectivity index (χ0n) is 13.1. The van der Waals surface area contributed by atoms with Crippen LogP contribution in [-0.2, 0) is 22.3 Å². The summed E-state index contributed by atoms with van der Waals surface area (Å²) in [5.41, 5.74) is 0.569. The Morgan fingerprint density at radius 3 is 2.54 bits per heavy atom. The van der Waals surface area contributed by atoms with Crippen LogP contribution in [0.15, 0.2) is 47.0 Å². The number of nitrogens with zero attached hydrogens (tertiary/aromatic N) is 2. The van der Waals surface area contributed by atoms with Crippen molar-refractivity contribution >= 4 is 33.2 Å². The molecule has 2 aromatic carbocycles. The molecule has 1 heterocycles. The van der Waals surface area contributed by atoms with Crippen LogP contribution in [0.25, 0.3) is 11.4 Å². The van der Waals surface area contributed by atoms with Crippen LogP contribution in [0, 0.1) is 5.82 Å². The van der Waals surface area contributed by atoms with Gasteiger partial charge in [0.1, 0.15) is 5.82 Å². The van der Waals surface area contributed by atoms with Gasteiger partial charge in [-0.2, -0.15) is 4.98 Å². The van der Waals surface area contributed by atoms with Crippen molar-refractivity contribution in [2.75, 3.05) is 0 Å². The second kappa shape index (κ2) is 7.71. The molecule has 1 N–H and O–H groups in total. The lowest BCUT2D eigenvalue weighted by molar-refractivity contribution is 0.376. The Bertz CT molecular complexity index is 1000. The Morgan fingerprint density at radius 1 is 1.12 bits per heavy atom. The van der Waals surface area contributed by atoms with Crippen molar-refractivity contribution in [2.45, 2.75) is 12.3 Å². The predicted octanol–water partition coefficient (Wildman–Crippen LogP) is 3.80. The predicted molar refractivity (Wildman–Crippen MR) is 95.6 cm³/mol. The number of benzene rings is 2. The molecule has 0 bridgehead atoms. The van der Waals surface area contributed by atoms with Crippen molar-refractivity contribution in [1.82, 2.24) is 14.9 Å². The Morgan fingerprint density at radius 2 is 1.85 bits per heavy atom. The maximum atomic E-state index is 13.7. The molecule has 3 rings (SSSR count). The van der Waals surface area contributed by atoms with Gasteiger partial charge < -0.3 is 4.52 Å². The highest BCUT2D eigenvalue weighted by Crippen LogP contribution is 2.21. The SMILES string of the molecule is O=S(=O)(Cc1c(F)cccc1Cl)NCc1nc(-c2ccc(Cl)cc2)no1. The van der Waals surface area contributed by atoms with E-state index in [0.29, 0.717) is 16.4 Å². The van der Waals surface area contributed by atoms with E-state index >= 15 is 0 Å². The van der Waals surface area contributed by atoms with Gasteiger partial charge in [-0.25, -0.2) is 17.5 Å². The third-order valence-corrected chi connectivity index (χ3v) is 5.27. The molecule has 6 nitrogen and oxygen atoms in total. The first-order valence-corrected chi connectivity index (χ1v) is 9.73. The fraction of sp³-hybridized carbons (Fsp3) is 0.125. The van der Waals surface area contributed by atoms with Crippen molar-refractivity contribution in [3.8, 4) is 11.4 Å².